The van der Waals surface area contributed by atoms with E-state index in [4.69, 9.17) is 11.3 Å². The third-order valence-electron chi connectivity index (χ3n) is 1.45. The number of pyridine rings is 1. The van der Waals surface area contributed by atoms with Gasteiger partial charge in [-0.2, -0.15) is 4.39 Å². The summed E-state index contributed by atoms with van der Waals surface area (Å²) in [6.07, 6.45) is 3.06. The van der Waals surface area contributed by atoms with Gasteiger partial charge >= 0.3 is 0 Å². The van der Waals surface area contributed by atoms with Crippen LogP contribution in [0.5, 0.6) is 0 Å². The van der Waals surface area contributed by atoms with Gasteiger partial charge in [-0.05, 0) is 23.7 Å². The van der Waals surface area contributed by atoms with E-state index in [1.165, 1.54) is 18.2 Å². The highest BCUT2D eigenvalue weighted by Crippen LogP contribution is 2.10. The average Bonchev–Trinajstić information content (AvgIpc) is 2.18. The first-order valence-electron chi connectivity index (χ1n) is 3.83. The van der Waals surface area contributed by atoms with E-state index in [-0.39, 0.29) is 6.54 Å². The molecule has 1 aromatic heterocycles. The van der Waals surface area contributed by atoms with Crippen LogP contribution >= 0.6 is 0 Å². The Balaban J connectivity index is 2.79. The molecule has 0 aliphatic rings. The molecule has 0 amide bonds. The van der Waals surface area contributed by atoms with Gasteiger partial charge < -0.3 is 5.73 Å². The summed E-state index contributed by atoms with van der Waals surface area (Å²) in [5.74, 6) is -0.595. The number of nitrogens with zero attached hydrogens (tertiary/aromatic N) is 4. The Labute approximate surface area is 79.7 Å². The Morgan fingerprint density at radius 3 is 3.14 bits per heavy atom. The van der Waals surface area contributed by atoms with Crippen LogP contribution in [-0.2, 0) is 0 Å². The molecule has 0 aromatic carbocycles. The van der Waals surface area contributed by atoms with E-state index >= 15 is 0 Å². The van der Waals surface area contributed by atoms with E-state index in [0.29, 0.717) is 11.4 Å². The molecule has 0 atom stereocenters. The molecule has 0 aliphatic carbocycles. The lowest BCUT2D eigenvalue weighted by atomic mass is 10.3. The number of azide groups is 1. The van der Waals surface area contributed by atoms with Crippen molar-refractivity contribution in [3.8, 4) is 0 Å². The van der Waals surface area contributed by atoms with Gasteiger partial charge in [0.1, 0.15) is 0 Å². The zero-order valence-electron chi connectivity index (χ0n) is 7.26. The minimum absolute atomic E-state index is 0.189. The zero-order valence-corrected chi connectivity index (χ0v) is 7.26. The Morgan fingerprint density at radius 1 is 1.64 bits per heavy atom. The molecule has 0 saturated carbocycles. The number of anilines is 1. The molecule has 0 bridgehead atoms. The lowest BCUT2D eigenvalue weighted by Crippen LogP contribution is -1.94. The van der Waals surface area contributed by atoms with Crippen LogP contribution in [0.3, 0.4) is 0 Å². The molecule has 72 valence electrons. The highest BCUT2D eigenvalue weighted by Gasteiger charge is 1.97. The molecule has 0 unspecified atom stereocenters. The fraction of sp³-hybridized carbons (Fsp3) is 0.125. The molecular weight excluding hydrogens is 185 g/mol. The minimum atomic E-state index is -0.595. The number of hydrogen-bond donors (Lipinski definition) is 1. The number of nitrogens with two attached hydrogens (primary N) is 1. The highest BCUT2D eigenvalue weighted by atomic mass is 19.1. The molecular formula is C8H8FN5. The van der Waals surface area contributed by atoms with Gasteiger partial charge in [-0.3, -0.25) is 0 Å². The van der Waals surface area contributed by atoms with Crippen LogP contribution < -0.4 is 5.73 Å². The molecule has 0 fully saturated rings. The molecule has 0 aliphatic heterocycles. The maximum atomic E-state index is 12.6. The van der Waals surface area contributed by atoms with Crippen molar-refractivity contribution in [2.45, 2.75) is 0 Å². The van der Waals surface area contributed by atoms with Crippen molar-refractivity contribution >= 4 is 11.8 Å². The standard InChI is InChI=1S/C8H8FN5/c9-8-4-3-6(10)7(13-8)2-1-5-12-14-11/h1-4H,5,10H2. The van der Waals surface area contributed by atoms with Crippen LogP contribution in [0.4, 0.5) is 10.1 Å². The van der Waals surface area contributed by atoms with Gasteiger partial charge in [0.05, 0.1) is 11.4 Å². The molecule has 6 heteroatoms. The number of rotatable bonds is 3. The van der Waals surface area contributed by atoms with Crippen molar-refractivity contribution in [2.24, 2.45) is 5.11 Å². The summed E-state index contributed by atoms with van der Waals surface area (Å²) in [5.41, 5.74) is 14.2. The molecule has 2 N–H and O–H groups in total. The van der Waals surface area contributed by atoms with Gasteiger partial charge in [-0.15, -0.1) is 0 Å². The summed E-state index contributed by atoms with van der Waals surface area (Å²) in [5, 5.41) is 3.27. The van der Waals surface area contributed by atoms with E-state index in [1.54, 1.807) is 6.08 Å². The summed E-state index contributed by atoms with van der Waals surface area (Å²) < 4.78 is 12.6. The molecule has 0 spiro atoms. The van der Waals surface area contributed by atoms with Crippen molar-refractivity contribution in [1.82, 2.24) is 4.98 Å². The SMILES string of the molecule is [N-]=[N+]=NCC=Cc1nc(F)ccc1N. The van der Waals surface area contributed by atoms with Gasteiger partial charge in [0, 0.05) is 11.5 Å². The fourth-order valence-corrected chi connectivity index (χ4v) is 0.842. The number of hydrogen-bond acceptors (Lipinski definition) is 3. The molecule has 1 aromatic rings. The predicted molar refractivity (Wildman–Crippen MR) is 51.7 cm³/mol. The molecule has 14 heavy (non-hydrogen) atoms. The molecule has 5 nitrogen and oxygen atoms in total. The lowest BCUT2D eigenvalue weighted by molar-refractivity contribution is 0.583. The van der Waals surface area contributed by atoms with Crippen molar-refractivity contribution in [3.63, 3.8) is 0 Å². The van der Waals surface area contributed by atoms with Gasteiger partial charge in [0.15, 0.2) is 0 Å². The average molecular weight is 193 g/mol. The smallest absolute Gasteiger partial charge is 0.213 e. The number of nitrogen functional groups attached to an aromatic ring is 1. The third kappa shape index (κ3) is 2.76. The normalized spacial score (nSPS) is 10.1. The largest absolute Gasteiger partial charge is 0.397 e. The Bertz CT molecular complexity index is 395. The van der Waals surface area contributed by atoms with Crippen LogP contribution in [0.2, 0.25) is 0 Å². The van der Waals surface area contributed by atoms with Gasteiger partial charge in [-0.1, -0.05) is 11.2 Å². The second-order valence-electron chi connectivity index (χ2n) is 2.42. The molecule has 0 radical (unpaired) electrons. The third-order valence-corrected chi connectivity index (χ3v) is 1.45. The Morgan fingerprint density at radius 2 is 2.43 bits per heavy atom. The second kappa shape index (κ2) is 4.84. The first-order chi connectivity index (χ1) is 6.74. The zero-order chi connectivity index (χ0) is 10.4. The van der Waals surface area contributed by atoms with Gasteiger partial charge in [0.2, 0.25) is 5.95 Å². The van der Waals surface area contributed by atoms with E-state index in [0.717, 1.165) is 0 Å². The summed E-state index contributed by atoms with van der Waals surface area (Å²) in [6, 6.07) is 2.61. The maximum Gasteiger partial charge on any atom is 0.213 e. The summed E-state index contributed by atoms with van der Waals surface area (Å²) in [7, 11) is 0. The van der Waals surface area contributed by atoms with Crippen molar-refractivity contribution in [3.05, 3.63) is 40.3 Å². The summed E-state index contributed by atoms with van der Waals surface area (Å²) in [6.45, 7) is 0.189. The highest BCUT2D eigenvalue weighted by molar-refractivity contribution is 5.60. The van der Waals surface area contributed by atoms with Crippen molar-refractivity contribution in [2.75, 3.05) is 12.3 Å². The Hall–Kier alpha value is -2.07. The maximum absolute atomic E-state index is 12.6. The van der Waals surface area contributed by atoms with Crippen LogP contribution in [0.25, 0.3) is 16.5 Å². The van der Waals surface area contributed by atoms with Gasteiger partial charge in [-0.25, -0.2) is 4.98 Å². The van der Waals surface area contributed by atoms with E-state index < -0.39 is 5.95 Å². The lowest BCUT2D eigenvalue weighted by Gasteiger charge is -1.97. The predicted octanol–water partition coefficient (Wildman–Crippen LogP) is 2.13. The van der Waals surface area contributed by atoms with E-state index in [2.05, 4.69) is 15.0 Å². The van der Waals surface area contributed by atoms with Crippen molar-refractivity contribution < 1.29 is 4.39 Å². The number of aromatic nitrogens is 1. The van der Waals surface area contributed by atoms with Crippen LogP contribution in [0.1, 0.15) is 5.69 Å². The summed E-state index contributed by atoms with van der Waals surface area (Å²) >= 11 is 0. The Kier molecular flexibility index (Phi) is 3.46. The quantitative estimate of drug-likeness (QED) is 0.345. The fourth-order valence-electron chi connectivity index (χ4n) is 0.842. The van der Waals surface area contributed by atoms with Crippen LogP contribution in [0.15, 0.2) is 23.3 Å². The van der Waals surface area contributed by atoms with E-state index in [1.807, 2.05) is 0 Å². The molecule has 1 heterocycles. The van der Waals surface area contributed by atoms with Crippen molar-refractivity contribution in [1.29, 1.82) is 0 Å². The first kappa shape index (κ1) is 10.0. The molecule has 1 rings (SSSR count). The monoisotopic (exact) mass is 193 g/mol. The first-order valence-corrected chi connectivity index (χ1v) is 3.83. The van der Waals surface area contributed by atoms with Crippen LogP contribution in [0, 0.1) is 5.95 Å². The van der Waals surface area contributed by atoms with Crippen LogP contribution in [-0.4, -0.2) is 11.5 Å². The minimum Gasteiger partial charge on any atom is -0.397 e. The topological polar surface area (TPSA) is 87.7 Å². The second-order valence-corrected chi connectivity index (χ2v) is 2.42. The number of halogens is 1. The molecule has 0 saturated heterocycles. The van der Waals surface area contributed by atoms with Gasteiger partial charge in [0.25, 0.3) is 0 Å². The van der Waals surface area contributed by atoms with E-state index in [9.17, 15) is 4.39 Å². The summed E-state index contributed by atoms with van der Waals surface area (Å²) in [4.78, 5) is 6.11.